The first-order valence-electron chi connectivity index (χ1n) is 16.6. The molecular weight excluding hydrogens is 597 g/mol. The molecule has 0 bridgehead atoms. The monoisotopic (exact) mass is 624 g/mol. The summed E-state index contributed by atoms with van der Waals surface area (Å²) in [5.41, 5.74) is 8.90. The average molecular weight is 625 g/mol. The molecule has 10 aromatic rings. The first-order chi connectivity index (χ1) is 24.3. The van der Waals surface area contributed by atoms with Crippen LogP contribution in [0.4, 0.5) is 0 Å². The van der Waals surface area contributed by atoms with Gasteiger partial charge in [-0.2, -0.15) is 0 Å². The van der Waals surface area contributed by atoms with Gasteiger partial charge in [0.15, 0.2) is 5.82 Å². The molecular formula is C46H28N2O. The van der Waals surface area contributed by atoms with E-state index in [2.05, 4.69) is 140 Å². The van der Waals surface area contributed by atoms with Crippen molar-refractivity contribution in [2.45, 2.75) is 0 Å². The van der Waals surface area contributed by atoms with Crippen LogP contribution in [0.1, 0.15) is 0 Å². The lowest BCUT2D eigenvalue weighted by Gasteiger charge is -2.16. The average Bonchev–Trinajstić information content (AvgIpc) is 3.55. The van der Waals surface area contributed by atoms with Gasteiger partial charge in [0.25, 0.3) is 0 Å². The molecule has 0 spiro atoms. The fourth-order valence-electron chi connectivity index (χ4n) is 7.38. The Kier molecular flexibility index (Phi) is 6.18. The van der Waals surface area contributed by atoms with E-state index < -0.39 is 0 Å². The number of fused-ring (bicyclic) bond motifs is 7. The molecule has 49 heavy (non-hydrogen) atoms. The lowest BCUT2D eigenvalue weighted by atomic mass is 9.90. The van der Waals surface area contributed by atoms with Gasteiger partial charge in [-0.25, -0.2) is 9.97 Å². The summed E-state index contributed by atoms with van der Waals surface area (Å²) in [6.45, 7) is 0. The van der Waals surface area contributed by atoms with Crippen LogP contribution in [-0.2, 0) is 0 Å². The van der Waals surface area contributed by atoms with Crippen molar-refractivity contribution < 1.29 is 4.42 Å². The van der Waals surface area contributed by atoms with Gasteiger partial charge in [-0.1, -0.05) is 140 Å². The van der Waals surface area contributed by atoms with E-state index >= 15 is 0 Å². The fraction of sp³-hybridized carbons (Fsp3) is 0. The summed E-state index contributed by atoms with van der Waals surface area (Å²) in [6.07, 6.45) is 0. The molecule has 0 fully saturated rings. The Hall–Kier alpha value is -6.58. The van der Waals surface area contributed by atoms with E-state index in [0.29, 0.717) is 5.82 Å². The van der Waals surface area contributed by atoms with Crippen LogP contribution in [0.3, 0.4) is 0 Å². The minimum absolute atomic E-state index is 0.695. The predicted molar refractivity (Wildman–Crippen MR) is 204 cm³/mol. The molecule has 8 aromatic carbocycles. The van der Waals surface area contributed by atoms with Crippen molar-refractivity contribution in [2.24, 2.45) is 0 Å². The number of aromatic nitrogens is 2. The highest BCUT2D eigenvalue weighted by atomic mass is 16.3. The van der Waals surface area contributed by atoms with Crippen LogP contribution >= 0.6 is 0 Å². The number of hydrogen-bond donors (Lipinski definition) is 0. The molecule has 0 aliphatic rings. The van der Waals surface area contributed by atoms with Crippen LogP contribution in [0.25, 0.3) is 99.3 Å². The van der Waals surface area contributed by atoms with E-state index in [1.807, 2.05) is 30.3 Å². The summed E-state index contributed by atoms with van der Waals surface area (Å²) in [6, 6.07) is 59.7. The molecule has 2 heterocycles. The second-order valence-electron chi connectivity index (χ2n) is 12.5. The standard InChI is InChI=1S/C46H28N2O/c1-2-13-30(14-3-1)46-47-41(36-19-9-8-17-34(36)32-23-25-44-40(27-32)37-20-10-11-21-43(37)49-44)28-42(48-46)45-35-18-7-5-15-31(35)26-39-33-16-6-4-12-29(33)22-24-38(39)45/h1-28H. The topological polar surface area (TPSA) is 38.9 Å². The Morgan fingerprint density at radius 3 is 1.90 bits per heavy atom. The maximum Gasteiger partial charge on any atom is 0.160 e. The molecule has 0 aliphatic heterocycles. The molecule has 3 heteroatoms. The van der Waals surface area contributed by atoms with Gasteiger partial charge in [-0.15, -0.1) is 0 Å². The smallest absolute Gasteiger partial charge is 0.160 e. The zero-order chi connectivity index (χ0) is 32.3. The molecule has 0 N–H and O–H groups in total. The highest BCUT2D eigenvalue weighted by molar-refractivity contribution is 6.20. The van der Waals surface area contributed by atoms with Crippen LogP contribution in [-0.4, -0.2) is 9.97 Å². The highest BCUT2D eigenvalue weighted by Crippen LogP contribution is 2.42. The van der Waals surface area contributed by atoms with Crippen molar-refractivity contribution in [3.63, 3.8) is 0 Å². The van der Waals surface area contributed by atoms with Gasteiger partial charge in [-0.05, 0) is 73.8 Å². The van der Waals surface area contributed by atoms with Crippen LogP contribution in [0, 0.1) is 0 Å². The van der Waals surface area contributed by atoms with Crippen LogP contribution in [0.5, 0.6) is 0 Å². The van der Waals surface area contributed by atoms with Gasteiger partial charge in [0.2, 0.25) is 0 Å². The number of furan rings is 1. The summed E-state index contributed by atoms with van der Waals surface area (Å²) in [5, 5.41) is 9.41. The Balaban J connectivity index is 1.26. The Morgan fingerprint density at radius 2 is 1.02 bits per heavy atom. The van der Waals surface area contributed by atoms with E-state index in [0.717, 1.165) is 61.1 Å². The van der Waals surface area contributed by atoms with Gasteiger partial charge in [0, 0.05) is 27.5 Å². The zero-order valence-corrected chi connectivity index (χ0v) is 26.5. The number of benzene rings is 8. The first-order valence-corrected chi connectivity index (χ1v) is 16.6. The minimum Gasteiger partial charge on any atom is -0.456 e. The van der Waals surface area contributed by atoms with Crippen molar-refractivity contribution in [1.29, 1.82) is 0 Å². The fourth-order valence-corrected chi connectivity index (χ4v) is 7.38. The van der Waals surface area contributed by atoms with Crippen molar-refractivity contribution in [3.05, 3.63) is 170 Å². The summed E-state index contributed by atoms with van der Waals surface area (Å²) in [5.74, 6) is 0.695. The highest BCUT2D eigenvalue weighted by Gasteiger charge is 2.19. The Bertz CT molecular complexity index is 2890. The molecule has 228 valence electrons. The number of para-hydroxylation sites is 1. The SMILES string of the molecule is c1ccc(-c2nc(-c3ccccc3-c3ccc4oc5ccccc5c4c3)cc(-c3c4ccccc4cc4c3ccc3ccccc34)n2)cc1. The van der Waals surface area contributed by atoms with Crippen LogP contribution < -0.4 is 0 Å². The third-order valence-electron chi connectivity index (χ3n) is 9.68. The van der Waals surface area contributed by atoms with E-state index in [1.165, 1.54) is 32.3 Å². The number of nitrogens with zero attached hydrogens (tertiary/aromatic N) is 2. The van der Waals surface area contributed by atoms with Gasteiger partial charge < -0.3 is 4.42 Å². The van der Waals surface area contributed by atoms with E-state index in [-0.39, 0.29) is 0 Å². The maximum atomic E-state index is 6.16. The van der Waals surface area contributed by atoms with E-state index in [1.54, 1.807) is 0 Å². The maximum absolute atomic E-state index is 6.16. The Morgan fingerprint density at radius 1 is 0.347 bits per heavy atom. The molecule has 3 nitrogen and oxygen atoms in total. The predicted octanol–water partition coefficient (Wildman–Crippen LogP) is 12.5. The van der Waals surface area contributed by atoms with Gasteiger partial charge in [0.05, 0.1) is 11.4 Å². The Labute approximate surface area is 282 Å². The van der Waals surface area contributed by atoms with Crippen LogP contribution in [0.15, 0.2) is 174 Å². The van der Waals surface area contributed by atoms with E-state index in [9.17, 15) is 0 Å². The van der Waals surface area contributed by atoms with Crippen molar-refractivity contribution in [1.82, 2.24) is 9.97 Å². The third kappa shape index (κ3) is 4.51. The summed E-state index contributed by atoms with van der Waals surface area (Å²) >= 11 is 0. The van der Waals surface area contributed by atoms with Crippen molar-refractivity contribution in [2.75, 3.05) is 0 Å². The first kappa shape index (κ1) is 27.5. The third-order valence-corrected chi connectivity index (χ3v) is 9.68. The van der Waals surface area contributed by atoms with Crippen molar-refractivity contribution in [3.8, 4) is 45.0 Å². The molecule has 0 atom stereocenters. The second kappa shape index (κ2) is 11.0. The van der Waals surface area contributed by atoms with Gasteiger partial charge in [-0.3, -0.25) is 0 Å². The second-order valence-corrected chi connectivity index (χ2v) is 12.5. The molecule has 0 saturated carbocycles. The summed E-state index contributed by atoms with van der Waals surface area (Å²) in [7, 11) is 0. The lowest BCUT2D eigenvalue weighted by Crippen LogP contribution is -1.98. The lowest BCUT2D eigenvalue weighted by molar-refractivity contribution is 0.669. The van der Waals surface area contributed by atoms with E-state index in [4.69, 9.17) is 14.4 Å². The van der Waals surface area contributed by atoms with Crippen LogP contribution in [0.2, 0.25) is 0 Å². The largest absolute Gasteiger partial charge is 0.456 e. The molecule has 0 saturated heterocycles. The molecule has 0 unspecified atom stereocenters. The minimum atomic E-state index is 0.695. The number of hydrogen-bond acceptors (Lipinski definition) is 3. The molecule has 0 aliphatic carbocycles. The summed E-state index contributed by atoms with van der Waals surface area (Å²) in [4.78, 5) is 10.6. The van der Waals surface area contributed by atoms with Gasteiger partial charge in [0.1, 0.15) is 11.2 Å². The summed E-state index contributed by atoms with van der Waals surface area (Å²) < 4.78 is 6.16. The molecule has 2 aromatic heterocycles. The quantitative estimate of drug-likeness (QED) is 0.144. The number of rotatable bonds is 4. The van der Waals surface area contributed by atoms with Gasteiger partial charge >= 0.3 is 0 Å². The zero-order valence-electron chi connectivity index (χ0n) is 26.5. The molecule has 0 amide bonds. The molecule has 10 rings (SSSR count). The van der Waals surface area contributed by atoms with Crippen molar-refractivity contribution >= 4 is 54.3 Å². The molecule has 0 radical (unpaired) electrons. The normalized spacial score (nSPS) is 11.7.